The van der Waals surface area contributed by atoms with Crippen molar-refractivity contribution in [1.82, 2.24) is 9.88 Å². The molecule has 20 heavy (non-hydrogen) atoms. The average Bonchev–Trinajstić information content (AvgIpc) is 2.29. The molecule has 1 aromatic heterocycles. The van der Waals surface area contributed by atoms with Gasteiger partial charge in [0.1, 0.15) is 5.82 Å². The Labute approximate surface area is 114 Å². The van der Waals surface area contributed by atoms with Gasteiger partial charge in [0.05, 0.1) is 6.04 Å². The van der Waals surface area contributed by atoms with Crippen LogP contribution in [0.4, 0.5) is 19.0 Å². The zero-order valence-electron chi connectivity index (χ0n) is 10.8. The molecule has 2 heterocycles. The molecule has 1 aliphatic heterocycles. The Kier molecular flexibility index (Phi) is 3.96. The lowest BCUT2D eigenvalue weighted by Crippen LogP contribution is -2.56. The molecule has 1 saturated heterocycles. The van der Waals surface area contributed by atoms with Crippen molar-refractivity contribution >= 4 is 11.7 Å². The van der Waals surface area contributed by atoms with Crippen LogP contribution in [-0.4, -0.2) is 41.1 Å². The lowest BCUT2D eigenvalue weighted by atomic mass is 10.1. The van der Waals surface area contributed by atoms with Crippen LogP contribution in [0.25, 0.3) is 0 Å². The van der Waals surface area contributed by atoms with Gasteiger partial charge in [-0.05, 0) is 24.6 Å². The topological polar surface area (TPSA) is 45.2 Å². The maximum Gasteiger partial charge on any atom is 0.409 e. The summed E-state index contributed by atoms with van der Waals surface area (Å²) in [4.78, 5) is 16.9. The molecule has 4 nitrogen and oxygen atoms in total. The average molecular weight is 285 g/mol. The molecular weight excluding hydrogens is 271 g/mol. The summed E-state index contributed by atoms with van der Waals surface area (Å²) in [6.07, 6.45) is -2.27. The van der Waals surface area contributed by atoms with Gasteiger partial charge in [0.2, 0.25) is 5.91 Å². The van der Waals surface area contributed by atoms with Gasteiger partial charge in [-0.1, -0.05) is 0 Å². The summed E-state index contributed by atoms with van der Waals surface area (Å²) in [6.45, 7) is 2.68. The monoisotopic (exact) mass is 285 g/mol. The molecule has 0 unspecified atom stereocenters. The smallest absolute Gasteiger partial charge is 0.364 e. The number of amides is 1. The molecule has 108 valence electrons. The van der Waals surface area contributed by atoms with Crippen molar-refractivity contribution < 1.29 is 18.0 Å². The Morgan fingerprint density at radius 2 is 2.20 bits per heavy atom. The Morgan fingerprint density at radius 1 is 1.50 bits per heavy atom. The first-order valence-corrected chi connectivity index (χ1v) is 6.07. The molecule has 0 aromatic carbocycles. The molecule has 1 aromatic rings. The number of hydrogen-bond donors (Lipinski definition) is 1. The number of allylic oxidation sites excluding steroid dienone is 1. The summed E-state index contributed by atoms with van der Waals surface area (Å²) in [5, 5.41) is 3.13. The number of nitrogens with one attached hydrogen (secondary N) is 1. The van der Waals surface area contributed by atoms with E-state index >= 15 is 0 Å². The van der Waals surface area contributed by atoms with E-state index in [1.165, 1.54) is 4.90 Å². The van der Waals surface area contributed by atoms with Crippen LogP contribution >= 0.6 is 0 Å². The summed E-state index contributed by atoms with van der Waals surface area (Å²) in [7, 11) is 0. The van der Waals surface area contributed by atoms with Crippen molar-refractivity contribution in [3.63, 3.8) is 0 Å². The molecule has 1 aliphatic rings. The summed E-state index contributed by atoms with van der Waals surface area (Å²) >= 11 is 0. The normalized spacial score (nSPS) is 16.3. The minimum Gasteiger partial charge on any atom is -0.364 e. The predicted octanol–water partition coefficient (Wildman–Crippen LogP) is 2.13. The summed E-state index contributed by atoms with van der Waals surface area (Å²) in [5.74, 6) is 0.0745. The number of hydrogen-bond acceptors (Lipinski definition) is 3. The molecule has 1 fully saturated rings. The van der Waals surface area contributed by atoms with E-state index in [0.29, 0.717) is 25.0 Å². The quantitative estimate of drug-likeness (QED) is 0.865. The van der Waals surface area contributed by atoms with Gasteiger partial charge in [0, 0.05) is 31.4 Å². The van der Waals surface area contributed by atoms with Crippen LogP contribution in [0.15, 0.2) is 30.5 Å². The number of halogens is 3. The molecule has 0 bridgehead atoms. The van der Waals surface area contributed by atoms with E-state index in [4.69, 9.17) is 0 Å². The van der Waals surface area contributed by atoms with Crippen LogP contribution in [0.5, 0.6) is 0 Å². The van der Waals surface area contributed by atoms with Crippen molar-refractivity contribution in [3.8, 4) is 0 Å². The van der Waals surface area contributed by atoms with Crippen LogP contribution in [0.3, 0.4) is 0 Å². The van der Waals surface area contributed by atoms with Gasteiger partial charge in [-0.3, -0.25) is 4.79 Å². The molecule has 1 N–H and O–H groups in total. The van der Waals surface area contributed by atoms with Gasteiger partial charge in [-0.2, -0.15) is 13.2 Å². The fourth-order valence-corrected chi connectivity index (χ4v) is 1.85. The largest absolute Gasteiger partial charge is 0.409 e. The summed E-state index contributed by atoms with van der Waals surface area (Å²) in [5.41, 5.74) is 1.06. The minimum absolute atomic E-state index is 0.0209. The second-order valence-corrected chi connectivity index (χ2v) is 4.68. The third-order valence-electron chi connectivity index (χ3n) is 2.88. The highest BCUT2D eigenvalue weighted by molar-refractivity contribution is 5.88. The van der Waals surface area contributed by atoms with E-state index in [1.54, 1.807) is 6.20 Å². The third kappa shape index (κ3) is 3.97. The number of carbonyl (C=O) groups is 1. The van der Waals surface area contributed by atoms with Crippen LogP contribution in [-0.2, 0) is 4.79 Å². The van der Waals surface area contributed by atoms with Crippen LogP contribution in [0, 0.1) is 6.92 Å². The Morgan fingerprint density at radius 3 is 2.80 bits per heavy atom. The molecule has 7 heteroatoms. The van der Waals surface area contributed by atoms with Crippen molar-refractivity contribution in [2.24, 2.45) is 0 Å². The first kappa shape index (κ1) is 14.4. The van der Waals surface area contributed by atoms with Crippen molar-refractivity contribution in [2.75, 3.05) is 18.4 Å². The van der Waals surface area contributed by atoms with Gasteiger partial charge in [-0.15, -0.1) is 0 Å². The maximum atomic E-state index is 11.9. The molecule has 0 aliphatic carbocycles. The summed E-state index contributed by atoms with van der Waals surface area (Å²) in [6, 6.07) is 3.75. The van der Waals surface area contributed by atoms with Gasteiger partial charge >= 0.3 is 6.18 Å². The van der Waals surface area contributed by atoms with E-state index in [2.05, 4.69) is 10.3 Å². The molecule has 0 spiro atoms. The molecular formula is C13H14F3N3O. The molecule has 0 radical (unpaired) electrons. The van der Waals surface area contributed by atoms with E-state index < -0.39 is 12.1 Å². The standard InChI is InChI=1S/C13H14F3N3O/c1-9-3-5-17-11(6-9)18-10-7-19(8-10)12(20)2-4-13(14,15)16/h2-6,10H,7-8H2,1H3,(H,17,18)/b4-2+. The summed E-state index contributed by atoms with van der Waals surface area (Å²) < 4.78 is 35.8. The maximum absolute atomic E-state index is 11.9. The first-order chi connectivity index (χ1) is 9.33. The minimum atomic E-state index is -4.45. The van der Waals surface area contributed by atoms with Gasteiger partial charge < -0.3 is 10.2 Å². The zero-order valence-corrected chi connectivity index (χ0v) is 10.8. The number of carbonyl (C=O) groups excluding carboxylic acids is 1. The highest BCUT2D eigenvalue weighted by atomic mass is 19.4. The number of nitrogens with zero attached hydrogens (tertiary/aromatic N) is 2. The van der Waals surface area contributed by atoms with E-state index in [-0.39, 0.29) is 12.1 Å². The lowest BCUT2D eigenvalue weighted by molar-refractivity contribution is -0.130. The van der Waals surface area contributed by atoms with Crippen LogP contribution in [0.2, 0.25) is 0 Å². The van der Waals surface area contributed by atoms with Crippen molar-refractivity contribution in [3.05, 3.63) is 36.0 Å². The number of rotatable bonds is 3. The number of likely N-dealkylation sites (tertiary alicyclic amines) is 1. The van der Waals surface area contributed by atoms with Crippen molar-refractivity contribution in [1.29, 1.82) is 0 Å². The Bertz CT molecular complexity index is 522. The van der Waals surface area contributed by atoms with Gasteiger partial charge in [0.15, 0.2) is 0 Å². The highest BCUT2D eigenvalue weighted by Gasteiger charge is 2.30. The molecule has 0 atom stereocenters. The van der Waals surface area contributed by atoms with Crippen LogP contribution in [0.1, 0.15) is 5.56 Å². The number of aryl methyl sites for hydroxylation is 1. The number of anilines is 1. The molecule has 2 rings (SSSR count). The van der Waals surface area contributed by atoms with E-state index in [0.717, 1.165) is 5.56 Å². The highest BCUT2D eigenvalue weighted by Crippen LogP contribution is 2.18. The molecule has 0 saturated carbocycles. The second kappa shape index (κ2) is 5.52. The van der Waals surface area contributed by atoms with Gasteiger partial charge in [0.25, 0.3) is 0 Å². The predicted molar refractivity (Wildman–Crippen MR) is 68.2 cm³/mol. The Balaban J connectivity index is 1.80. The third-order valence-corrected chi connectivity index (χ3v) is 2.88. The first-order valence-electron chi connectivity index (χ1n) is 6.07. The van der Waals surface area contributed by atoms with Crippen molar-refractivity contribution in [2.45, 2.75) is 19.1 Å². The second-order valence-electron chi connectivity index (χ2n) is 4.68. The SMILES string of the molecule is Cc1ccnc(NC2CN(C(=O)/C=C/C(F)(F)F)C2)c1. The lowest BCUT2D eigenvalue weighted by Gasteiger charge is -2.39. The zero-order chi connectivity index (χ0) is 14.8. The number of aromatic nitrogens is 1. The fourth-order valence-electron chi connectivity index (χ4n) is 1.85. The van der Waals surface area contributed by atoms with Gasteiger partial charge in [-0.25, -0.2) is 4.98 Å². The number of alkyl halides is 3. The fraction of sp³-hybridized carbons (Fsp3) is 0.385. The van der Waals surface area contributed by atoms with E-state index in [9.17, 15) is 18.0 Å². The van der Waals surface area contributed by atoms with E-state index in [1.807, 2.05) is 19.1 Å². The van der Waals surface area contributed by atoms with Crippen LogP contribution < -0.4 is 5.32 Å². The Hall–Kier alpha value is -2.05. The molecule has 1 amide bonds. The number of pyridine rings is 1.